The summed E-state index contributed by atoms with van der Waals surface area (Å²) in [5.74, 6) is 1.76. The summed E-state index contributed by atoms with van der Waals surface area (Å²) in [6.45, 7) is 14.6. The van der Waals surface area contributed by atoms with Gasteiger partial charge in [0.15, 0.2) is 0 Å². The van der Waals surface area contributed by atoms with Crippen LogP contribution in [0.25, 0.3) is 0 Å². The van der Waals surface area contributed by atoms with E-state index in [0.717, 1.165) is 11.8 Å². The minimum atomic E-state index is 0.420. The molecule has 0 aromatic carbocycles. The highest BCUT2D eigenvalue weighted by Gasteiger charge is 2.49. The van der Waals surface area contributed by atoms with Crippen LogP contribution in [0.1, 0.15) is 104 Å². The average Bonchev–Trinajstić information content (AvgIpc) is 3.03. The van der Waals surface area contributed by atoms with E-state index in [2.05, 4.69) is 44.4 Å². The lowest BCUT2D eigenvalue weighted by atomic mass is 9.63. The van der Waals surface area contributed by atoms with Gasteiger partial charge in [0.05, 0.1) is 0 Å². The standard InChI is InChI=1S/C28H45N/c1-22-10-5-6-11-23(22)13-14-24-12-9-19-28(4)25(15-16-26(24)28)17-21-29-20-8-7-18-27(29,2)3/h13-14,25-26H,1,5-12,15-21H2,2-4H3/b23-13-,24-14+. The number of hydrogen-bond acceptors (Lipinski definition) is 1. The van der Waals surface area contributed by atoms with Gasteiger partial charge < -0.3 is 0 Å². The molecule has 4 fully saturated rings. The van der Waals surface area contributed by atoms with Crippen molar-refractivity contribution in [2.45, 2.75) is 110 Å². The van der Waals surface area contributed by atoms with Crippen molar-refractivity contribution in [3.63, 3.8) is 0 Å². The summed E-state index contributed by atoms with van der Waals surface area (Å²) in [6, 6.07) is 0. The molecule has 0 aromatic heterocycles. The number of piperidine rings is 1. The first-order chi connectivity index (χ1) is 13.9. The second-order valence-electron chi connectivity index (χ2n) is 11.5. The molecule has 29 heavy (non-hydrogen) atoms. The minimum absolute atomic E-state index is 0.420. The smallest absolute Gasteiger partial charge is 0.0153 e. The lowest BCUT2D eigenvalue weighted by Gasteiger charge is -2.45. The summed E-state index contributed by atoms with van der Waals surface area (Å²) in [5.41, 5.74) is 5.68. The largest absolute Gasteiger partial charge is 0.298 e. The Hall–Kier alpha value is -0.820. The minimum Gasteiger partial charge on any atom is -0.298 e. The summed E-state index contributed by atoms with van der Waals surface area (Å²) in [4.78, 5) is 2.81. The fourth-order valence-electron chi connectivity index (χ4n) is 7.27. The van der Waals surface area contributed by atoms with Crippen molar-refractivity contribution in [2.24, 2.45) is 17.3 Å². The zero-order chi connectivity index (χ0) is 20.5. The predicted molar refractivity (Wildman–Crippen MR) is 126 cm³/mol. The summed E-state index contributed by atoms with van der Waals surface area (Å²) in [6.07, 6.45) is 22.8. The quantitative estimate of drug-likeness (QED) is 0.468. The van der Waals surface area contributed by atoms with Crippen LogP contribution in [0.5, 0.6) is 0 Å². The van der Waals surface area contributed by atoms with Crippen molar-refractivity contribution in [1.82, 2.24) is 4.90 Å². The number of hydrogen-bond donors (Lipinski definition) is 0. The highest BCUT2D eigenvalue weighted by atomic mass is 15.2. The Morgan fingerprint density at radius 2 is 1.76 bits per heavy atom. The molecule has 0 N–H and O–H groups in total. The molecular formula is C28H45N. The third kappa shape index (κ3) is 4.46. The molecule has 162 valence electrons. The first-order valence-corrected chi connectivity index (χ1v) is 12.7. The second kappa shape index (κ2) is 8.74. The van der Waals surface area contributed by atoms with Crippen LogP contribution in [-0.4, -0.2) is 23.5 Å². The zero-order valence-electron chi connectivity index (χ0n) is 19.6. The highest BCUT2D eigenvalue weighted by Crippen LogP contribution is 2.58. The maximum Gasteiger partial charge on any atom is 0.0153 e. The Morgan fingerprint density at radius 1 is 0.931 bits per heavy atom. The van der Waals surface area contributed by atoms with Gasteiger partial charge in [-0.3, -0.25) is 4.90 Å². The van der Waals surface area contributed by atoms with Crippen molar-refractivity contribution < 1.29 is 0 Å². The van der Waals surface area contributed by atoms with E-state index in [4.69, 9.17) is 0 Å². The second-order valence-corrected chi connectivity index (χ2v) is 11.5. The molecule has 1 saturated heterocycles. The Balaban J connectivity index is 1.43. The van der Waals surface area contributed by atoms with E-state index < -0.39 is 0 Å². The third-order valence-corrected chi connectivity index (χ3v) is 9.36. The Bertz CT molecular complexity index is 666. The van der Waals surface area contributed by atoms with Gasteiger partial charge in [0.25, 0.3) is 0 Å². The van der Waals surface area contributed by atoms with Crippen LogP contribution >= 0.6 is 0 Å². The van der Waals surface area contributed by atoms with E-state index in [0.29, 0.717) is 11.0 Å². The summed E-state index contributed by atoms with van der Waals surface area (Å²) in [5, 5.41) is 0. The summed E-state index contributed by atoms with van der Waals surface area (Å²) < 4.78 is 0. The zero-order valence-corrected chi connectivity index (χ0v) is 19.6. The number of allylic oxidation sites excluding steroid dienone is 5. The van der Waals surface area contributed by atoms with Gasteiger partial charge in [0, 0.05) is 5.54 Å². The molecular weight excluding hydrogens is 350 g/mol. The van der Waals surface area contributed by atoms with E-state index in [-0.39, 0.29) is 0 Å². The van der Waals surface area contributed by atoms with Crippen LogP contribution in [0.15, 0.2) is 35.5 Å². The molecule has 0 bridgehead atoms. The number of nitrogens with zero attached hydrogens (tertiary/aromatic N) is 1. The average molecular weight is 396 g/mol. The normalized spacial score (nSPS) is 38.5. The van der Waals surface area contributed by atoms with Crippen molar-refractivity contribution in [3.05, 3.63) is 35.5 Å². The fraction of sp³-hybridized carbons (Fsp3) is 0.786. The van der Waals surface area contributed by atoms with Crippen molar-refractivity contribution in [3.8, 4) is 0 Å². The van der Waals surface area contributed by atoms with Crippen LogP contribution in [-0.2, 0) is 0 Å². The summed E-state index contributed by atoms with van der Waals surface area (Å²) in [7, 11) is 0. The monoisotopic (exact) mass is 395 g/mol. The molecule has 1 nitrogen and oxygen atoms in total. The molecule has 3 aliphatic carbocycles. The van der Waals surface area contributed by atoms with E-state index in [9.17, 15) is 0 Å². The highest BCUT2D eigenvalue weighted by molar-refractivity contribution is 5.35. The van der Waals surface area contributed by atoms with E-state index in [1.807, 2.05) is 0 Å². The molecule has 1 heteroatoms. The van der Waals surface area contributed by atoms with Gasteiger partial charge in [-0.2, -0.15) is 0 Å². The molecule has 3 unspecified atom stereocenters. The van der Waals surface area contributed by atoms with Gasteiger partial charge in [-0.25, -0.2) is 0 Å². The van der Waals surface area contributed by atoms with Gasteiger partial charge in [-0.1, -0.05) is 43.2 Å². The molecule has 0 amide bonds. The first kappa shape index (κ1) is 21.4. The fourth-order valence-corrected chi connectivity index (χ4v) is 7.27. The van der Waals surface area contributed by atoms with Crippen LogP contribution in [0, 0.1) is 17.3 Å². The van der Waals surface area contributed by atoms with Crippen molar-refractivity contribution in [1.29, 1.82) is 0 Å². The predicted octanol–water partition coefficient (Wildman–Crippen LogP) is 7.84. The molecule has 0 aromatic rings. The molecule has 1 aliphatic heterocycles. The Morgan fingerprint density at radius 3 is 2.55 bits per heavy atom. The first-order valence-electron chi connectivity index (χ1n) is 12.7. The molecule has 0 spiro atoms. The maximum atomic E-state index is 4.33. The number of rotatable bonds is 4. The van der Waals surface area contributed by atoms with Gasteiger partial charge in [0.2, 0.25) is 0 Å². The van der Waals surface area contributed by atoms with Gasteiger partial charge >= 0.3 is 0 Å². The van der Waals surface area contributed by atoms with Crippen molar-refractivity contribution in [2.75, 3.05) is 13.1 Å². The van der Waals surface area contributed by atoms with Crippen LogP contribution in [0.3, 0.4) is 0 Å². The van der Waals surface area contributed by atoms with Gasteiger partial charge in [-0.05, 0) is 127 Å². The van der Waals surface area contributed by atoms with Crippen LogP contribution in [0.4, 0.5) is 0 Å². The number of likely N-dealkylation sites (tertiary alicyclic amines) is 1. The van der Waals surface area contributed by atoms with E-state index in [1.54, 1.807) is 5.57 Å². The van der Waals surface area contributed by atoms with Crippen molar-refractivity contribution >= 4 is 0 Å². The Kier molecular flexibility index (Phi) is 6.45. The van der Waals surface area contributed by atoms with E-state index >= 15 is 0 Å². The molecule has 4 rings (SSSR count). The number of fused-ring (bicyclic) bond motifs is 1. The summed E-state index contributed by atoms with van der Waals surface area (Å²) >= 11 is 0. The maximum absolute atomic E-state index is 4.33. The SMILES string of the molecule is C=C1CCCC/C1=C/C=C1\CCCC2(C)C(CCN3CCCCC3(C)C)CCC12. The molecule has 0 radical (unpaired) electrons. The molecule has 3 saturated carbocycles. The van der Waals surface area contributed by atoms with Crippen LogP contribution < -0.4 is 0 Å². The van der Waals surface area contributed by atoms with Crippen LogP contribution in [0.2, 0.25) is 0 Å². The topological polar surface area (TPSA) is 3.24 Å². The molecule has 4 aliphatic rings. The van der Waals surface area contributed by atoms with Gasteiger partial charge in [0.1, 0.15) is 0 Å². The lowest BCUT2D eigenvalue weighted by Crippen LogP contribution is -2.48. The molecule has 1 heterocycles. The Labute approximate surface area is 180 Å². The molecule has 3 atom stereocenters. The van der Waals surface area contributed by atoms with E-state index in [1.165, 1.54) is 108 Å². The van der Waals surface area contributed by atoms with Gasteiger partial charge in [-0.15, -0.1) is 0 Å². The lowest BCUT2D eigenvalue weighted by molar-refractivity contribution is 0.0542. The third-order valence-electron chi connectivity index (χ3n) is 9.36.